The molecule has 1 aliphatic heterocycles. The van der Waals surface area contributed by atoms with E-state index in [1.165, 1.54) is 6.07 Å². The molecule has 1 saturated carbocycles. The summed E-state index contributed by atoms with van der Waals surface area (Å²) in [6, 6.07) is 9.29. The van der Waals surface area contributed by atoms with Crippen LogP contribution in [0.5, 0.6) is 0 Å². The van der Waals surface area contributed by atoms with E-state index >= 15 is 0 Å². The number of likely N-dealkylation sites (tertiary alicyclic amines) is 1. The van der Waals surface area contributed by atoms with Gasteiger partial charge in [0.05, 0.1) is 12.6 Å². The Labute approximate surface area is 161 Å². The fourth-order valence-corrected chi connectivity index (χ4v) is 4.54. The van der Waals surface area contributed by atoms with Gasteiger partial charge in [-0.2, -0.15) is 5.26 Å². The predicted molar refractivity (Wildman–Crippen MR) is 103 cm³/mol. The lowest BCUT2D eigenvalue weighted by Crippen LogP contribution is -2.53. The van der Waals surface area contributed by atoms with Gasteiger partial charge in [-0.15, -0.1) is 0 Å². The quantitative estimate of drug-likeness (QED) is 0.792. The van der Waals surface area contributed by atoms with Crippen molar-refractivity contribution < 1.29 is 9.18 Å². The van der Waals surface area contributed by atoms with Gasteiger partial charge in [0.2, 0.25) is 5.91 Å². The number of hydrogen-bond donors (Lipinski definition) is 0. The average Bonchev–Trinajstić information content (AvgIpc) is 2.69. The van der Waals surface area contributed by atoms with Crippen LogP contribution in [-0.2, 0) is 11.2 Å². The normalized spacial score (nSPS) is 20.8. The fraction of sp³-hybridized carbons (Fsp3) is 0.636. The molecular weight excluding hydrogens is 341 g/mol. The summed E-state index contributed by atoms with van der Waals surface area (Å²) in [5, 5.41) is 9.68. The Bertz CT molecular complexity index is 685. The number of carbonyl (C=O) groups excluding carboxylic acids is 1. The van der Waals surface area contributed by atoms with Crippen molar-refractivity contribution in [1.29, 1.82) is 5.26 Å². The van der Waals surface area contributed by atoms with Gasteiger partial charge in [-0.05, 0) is 68.8 Å². The van der Waals surface area contributed by atoms with Gasteiger partial charge in [-0.3, -0.25) is 9.69 Å². The number of carbonyl (C=O) groups is 1. The molecule has 0 N–H and O–H groups in total. The Morgan fingerprint density at radius 3 is 2.63 bits per heavy atom. The minimum absolute atomic E-state index is 0.0574. The molecule has 1 aromatic rings. The van der Waals surface area contributed by atoms with Crippen molar-refractivity contribution in [1.82, 2.24) is 9.80 Å². The second kappa shape index (κ2) is 8.84. The van der Waals surface area contributed by atoms with Crippen LogP contribution >= 0.6 is 0 Å². The van der Waals surface area contributed by atoms with Gasteiger partial charge in [-0.25, -0.2) is 4.39 Å². The number of piperidine rings is 1. The van der Waals surface area contributed by atoms with Gasteiger partial charge in [0.25, 0.3) is 0 Å². The minimum Gasteiger partial charge on any atom is -0.326 e. The highest BCUT2D eigenvalue weighted by atomic mass is 19.1. The molecule has 4 nitrogen and oxygen atoms in total. The van der Waals surface area contributed by atoms with Crippen LogP contribution in [0.2, 0.25) is 0 Å². The molecule has 1 amide bonds. The molecule has 0 bridgehead atoms. The van der Waals surface area contributed by atoms with Gasteiger partial charge >= 0.3 is 0 Å². The highest BCUT2D eigenvalue weighted by Crippen LogP contribution is 2.32. The van der Waals surface area contributed by atoms with E-state index in [4.69, 9.17) is 0 Å². The molecule has 1 aliphatic carbocycles. The van der Waals surface area contributed by atoms with E-state index in [1.807, 2.05) is 6.07 Å². The first-order valence-electron chi connectivity index (χ1n) is 10.2. The molecule has 27 heavy (non-hydrogen) atoms. The highest BCUT2D eigenvalue weighted by Gasteiger charge is 2.39. The van der Waals surface area contributed by atoms with Crippen LogP contribution in [0.4, 0.5) is 4.39 Å². The van der Waals surface area contributed by atoms with Gasteiger partial charge < -0.3 is 4.90 Å². The number of nitrogens with zero attached hydrogens (tertiary/aromatic N) is 3. The van der Waals surface area contributed by atoms with Crippen molar-refractivity contribution in [3.8, 4) is 6.07 Å². The molecule has 0 radical (unpaired) electrons. The molecule has 2 fully saturated rings. The van der Waals surface area contributed by atoms with Gasteiger partial charge in [-0.1, -0.05) is 31.4 Å². The maximum Gasteiger partial charge on any atom is 0.237 e. The lowest BCUT2D eigenvalue weighted by atomic mass is 9.81. The van der Waals surface area contributed by atoms with Crippen molar-refractivity contribution in [3.63, 3.8) is 0 Å². The first-order chi connectivity index (χ1) is 13.0. The summed E-state index contributed by atoms with van der Waals surface area (Å²) in [6.07, 6.45) is 7.74. The Morgan fingerprint density at radius 2 is 2.00 bits per heavy atom. The number of nitriles is 1. The SMILES string of the molecule is CN(C(=O)CN1CCC(Cc2cccc(F)c2)CC1)C1(C#N)CCCCC1. The standard InChI is InChI=1S/C22H30FN3O/c1-25(22(17-24)10-3-2-4-11-22)21(27)16-26-12-8-18(9-13-26)14-19-6-5-7-20(23)15-19/h5-7,15,18H,2-4,8-14,16H2,1H3. The smallest absolute Gasteiger partial charge is 0.237 e. The monoisotopic (exact) mass is 371 g/mol. The number of rotatable bonds is 5. The van der Waals surface area contributed by atoms with Gasteiger partial charge in [0, 0.05) is 7.05 Å². The van der Waals surface area contributed by atoms with Gasteiger partial charge in [0.15, 0.2) is 0 Å². The van der Waals surface area contributed by atoms with E-state index in [-0.39, 0.29) is 11.7 Å². The molecule has 1 heterocycles. The second-order valence-corrected chi connectivity index (χ2v) is 8.21. The maximum atomic E-state index is 13.3. The van der Waals surface area contributed by atoms with E-state index in [0.29, 0.717) is 12.5 Å². The van der Waals surface area contributed by atoms with Crippen LogP contribution in [0.1, 0.15) is 50.5 Å². The zero-order valence-corrected chi connectivity index (χ0v) is 16.3. The lowest BCUT2D eigenvalue weighted by Gasteiger charge is -2.40. The third-order valence-corrected chi connectivity index (χ3v) is 6.38. The summed E-state index contributed by atoms with van der Waals surface area (Å²) in [4.78, 5) is 16.7. The van der Waals surface area contributed by atoms with Crippen molar-refractivity contribution in [2.45, 2.75) is 56.9 Å². The van der Waals surface area contributed by atoms with Crippen molar-refractivity contribution in [2.75, 3.05) is 26.7 Å². The van der Waals surface area contributed by atoms with Crippen molar-refractivity contribution in [2.24, 2.45) is 5.92 Å². The number of halogens is 1. The summed E-state index contributed by atoms with van der Waals surface area (Å²) in [5.41, 5.74) is 0.447. The zero-order valence-electron chi connectivity index (χ0n) is 16.3. The topological polar surface area (TPSA) is 47.3 Å². The Balaban J connectivity index is 1.48. The average molecular weight is 372 g/mol. The highest BCUT2D eigenvalue weighted by molar-refractivity contribution is 5.79. The molecule has 3 rings (SSSR count). The molecule has 2 aliphatic rings. The van der Waals surface area contributed by atoms with Crippen LogP contribution in [0, 0.1) is 23.1 Å². The third-order valence-electron chi connectivity index (χ3n) is 6.38. The summed E-state index contributed by atoms with van der Waals surface area (Å²) in [5.74, 6) is 0.425. The molecule has 146 valence electrons. The van der Waals surface area contributed by atoms with Crippen LogP contribution in [0.25, 0.3) is 0 Å². The Kier molecular flexibility index (Phi) is 6.49. The number of amides is 1. The molecular formula is C22H30FN3O. The number of hydrogen-bond acceptors (Lipinski definition) is 3. The fourth-order valence-electron chi connectivity index (χ4n) is 4.54. The number of benzene rings is 1. The summed E-state index contributed by atoms with van der Waals surface area (Å²) in [6.45, 7) is 2.17. The molecule has 0 atom stereocenters. The van der Waals surface area contributed by atoms with Crippen molar-refractivity contribution in [3.05, 3.63) is 35.6 Å². The van der Waals surface area contributed by atoms with Crippen LogP contribution in [-0.4, -0.2) is 47.9 Å². The predicted octanol–water partition coefficient (Wildman–Crippen LogP) is 3.77. The van der Waals surface area contributed by atoms with Crippen LogP contribution in [0.3, 0.4) is 0 Å². The van der Waals surface area contributed by atoms with Crippen LogP contribution in [0.15, 0.2) is 24.3 Å². The number of likely N-dealkylation sites (N-methyl/N-ethyl adjacent to an activating group) is 1. The lowest BCUT2D eigenvalue weighted by molar-refractivity contribution is -0.136. The van der Waals surface area contributed by atoms with E-state index < -0.39 is 5.54 Å². The Morgan fingerprint density at radius 1 is 1.30 bits per heavy atom. The molecule has 0 aromatic heterocycles. The first-order valence-corrected chi connectivity index (χ1v) is 10.2. The second-order valence-electron chi connectivity index (χ2n) is 8.21. The largest absolute Gasteiger partial charge is 0.326 e. The third kappa shape index (κ3) is 4.87. The summed E-state index contributed by atoms with van der Waals surface area (Å²) >= 11 is 0. The first kappa shape index (κ1) is 19.8. The van der Waals surface area contributed by atoms with E-state index in [0.717, 1.165) is 70.0 Å². The Hall–Kier alpha value is -1.93. The minimum atomic E-state index is -0.606. The van der Waals surface area contributed by atoms with Gasteiger partial charge in [0.1, 0.15) is 11.4 Å². The zero-order chi connectivity index (χ0) is 19.3. The van der Waals surface area contributed by atoms with E-state index in [2.05, 4.69) is 11.0 Å². The van der Waals surface area contributed by atoms with Crippen molar-refractivity contribution >= 4 is 5.91 Å². The van der Waals surface area contributed by atoms with Crippen LogP contribution < -0.4 is 0 Å². The molecule has 1 saturated heterocycles. The molecule has 0 unspecified atom stereocenters. The molecule has 1 aromatic carbocycles. The summed E-state index contributed by atoms with van der Waals surface area (Å²) < 4.78 is 13.3. The van der Waals surface area contributed by atoms with E-state index in [1.54, 1.807) is 24.1 Å². The molecule has 0 spiro atoms. The van der Waals surface area contributed by atoms with E-state index in [9.17, 15) is 14.4 Å². The molecule has 5 heteroatoms. The summed E-state index contributed by atoms with van der Waals surface area (Å²) in [7, 11) is 1.80. The maximum absolute atomic E-state index is 13.3.